The van der Waals surface area contributed by atoms with Gasteiger partial charge in [-0.05, 0) is 59.9 Å². The van der Waals surface area contributed by atoms with E-state index < -0.39 is 0 Å². The van der Waals surface area contributed by atoms with Crippen LogP contribution in [0.25, 0.3) is 5.69 Å². The number of carbonyl (C=O) groups is 2. The lowest BCUT2D eigenvalue weighted by atomic mass is 10.0. The molecular weight excluding hydrogens is 490 g/mol. The van der Waals surface area contributed by atoms with Crippen LogP contribution in [0.15, 0.2) is 85.2 Å². The van der Waals surface area contributed by atoms with Gasteiger partial charge in [0, 0.05) is 30.9 Å². The first-order chi connectivity index (χ1) is 19.1. The molecule has 1 saturated heterocycles. The number of aromatic nitrogens is 2. The number of anilines is 2. The Morgan fingerprint density at radius 1 is 0.923 bits per heavy atom. The summed E-state index contributed by atoms with van der Waals surface area (Å²) in [6, 6.07) is 23.3. The molecule has 4 aromatic rings. The predicted molar refractivity (Wildman–Crippen MR) is 150 cm³/mol. The summed E-state index contributed by atoms with van der Waals surface area (Å²) in [5.74, 6) is -0.367. The molecule has 1 aliphatic heterocycles. The number of rotatable bonds is 7. The van der Waals surface area contributed by atoms with E-state index in [2.05, 4.69) is 32.8 Å². The van der Waals surface area contributed by atoms with E-state index in [1.54, 1.807) is 29.2 Å². The molecule has 198 valence electrons. The first kappa shape index (κ1) is 25.0. The second-order valence-electron chi connectivity index (χ2n) is 10.0. The normalized spacial score (nSPS) is 17.0. The van der Waals surface area contributed by atoms with Crippen molar-refractivity contribution in [1.29, 1.82) is 0 Å². The second kappa shape index (κ2) is 11.2. The van der Waals surface area contributed by atoms with Crippen LogP contribution in [0.5, 0.6) is 0 Å². The maximum Gasteiger partial charge on any atom is 0.255 e. The van der Waals surface area contributed by atoms with Crippen LogP contribution >= 0.6 is 0 Å². The Morgan fingerprint density at radius 3 is 2.67 bits per heavy atom. The summed E-state index contributed by atoms with van der Waals surface area (Å²) < 4.78 is 7.10. The second-order valence-corrected chi connectivity index (χ2v) is 10.0. The fourth-order valence-corrected chi connectivity index (χ4v) is 5.35. The molecule has 2 amide bonds. The van der Waals surface area contributed by atoms with E-state index in [1.807, 2.05) is 48.5 Å². The van der Waals surface area contributed by atoms with Crippen molar-refractivity contribution in [2.75, 3.05) is 36.9 Å². The van der Waals surface area contributed by atoms with Gasteiger partial charge in [-0.25, -0.2) is 4.68 Å². The monoisotopic (exact) mass is 521 g/mol. The summed E-state index contributed by atoms with van der Waals surface area (Å²) in [5.41, 5.74) is 6.13. The quantitative estimate of drug-likeness (QED) is 0.370. The molecule has 0 saturated carbocycles. The lowest BCUT2D eigenvalue weighted by Crippen LogP contribution is -2.35. The molecule has 6 rings (SSSR count). The number of fused-ring (bicyclic) bond motifs is 1. The van der Waals surface area contributed by atoms with Crippen LogP contribution in [0.2, 0.25) is 0 Å². The molecule has 1 atom stereocenters. The number of nitrogens with one attached hydrogen (secondary N) is 2. The Morgan fingerprint density at radius 2 is 1.77 bits per heavy atom. The third kappa shape index (κ3) is 5.77. The Hall–Kier alpha value is -4.27. The van der Waals surface area contributed by atoms with Crippen molar-refractivity contribution in [2.24, 2.45) is 0 Å². The number of ether oxygens (including phenoxy) is 1. The number of nitrogens with zero attached hydrogens (tertiary/aromatic N) is 3. The number of morpholine rings is 1. The topological polar surface area (TPSA) is 88.5 Å². The van der Waals surface area contributed by atoms with E-state index in [0.717, 1.165) is 68.2 Å². The van der Waals surface area contributed by atoms with Crippen LogP contribution in [0.4, 0.5) is 11.4 Å². The van der Waals surface area contributed by atoms with Gasteiger partial charge in [0.2, 0.25) is 5.91 Å². The van der Waals surface area contributed by atoms with Crippen LogP contribution in [-0.4, -0.2) is 52.8 Å². The number of benzene rings is 3. The predicted octanol–water partition coefficient (Wildman–Crippen LogP) is 4.63. The van der Waals surface area contributed by atoms with Gasteiger partial charge in [-0.3, -0.25) is 14.5 Å². The van der Waals surface area contributed by atoms with Gasteiger partial charge in [-0.2, -0.15) is 5.10 Å². The fourth-order valence-electron chi connectivity index (χ4n) is 5.35. The lowest BCUT2D eigenvalue weighted by Gasteiger charge is -2.26. The van der Waals surface area contributed by atoms with E-state index in [1.165, 1.54) is 5.56 Å². The van der Waals surface area contributed by atoms with Crippen LogP contribution in [0.1, 0.15) is 39.4 Å². The van der Waals surface area contributed by atoms with Crippen LogP contribution in [0.3, 0.4) is 0 Å². The zero-order chi connectivity index (χ0) is 26.6. The van der Waals surface area contributed by atoms with Crippen LogP contribution < -0.4 is 10.6 Å². The van der Waals surface area contributed by atoms with Crippen molar-refractivity contribution in [3.63, 3.8) is 0 Å². The first-order valence-corrected chi connectivity index (χ1v) is 13.4. The largest absolute Gasteiger partial charge is 0.379 e. The van der Waals surface area contributed by atoms with Gasteiger partial charge >= 0.3 is 0 Å². The molecule has 2 aliphatic rings. The van der Waals surface area contributed by atoms with E-state index in [-0.39, 0.29) is 17.7 Å². The van der Waals surface area contributed by atoms with Crippen molar-refractivity contribution in [3.05, 3.63) is 107 Å². The molecular formula is C31H31N5O3. The van der Waals surface area contributed by atoms with Crippen LogP contribution in [0, 0.1) is 0 Å². The van der Waals surface area contributed by atoms with Gasteiger partial charge in [0.1, 0.15) is 0 Å². The van der Waals surface area contributed by atoms with Crippen molar-refractivity contribution in [1.82, 2.24) is 14.7 Å². The summed E-state index contributed by atoms with van der Waals surface area (Å²) >= 11 is 0. The summed E-state index contributed by atoms with van der Waals surface area (Å²) in [7, 11) is 0. The van der Waals surface area contributed by atoms with Crippen molar-refractivity contribution >= 4 is 23.2 Å². The zero-order valence-corrected chi connectivity index (χ0v) is 21.7. The summed E-state index contributed by atoms with van der Waals surface area (Å²) in [6.07, 6.45) is 5.13. The molecule has 39 heavy (non-hydrogen) atoms. The smallest absolute Gasteiger partial charge is 0.255 e. The molecule has 2 N–H and O–H groups in total. The van der Waals surface area contributed by atoms with E-state index in [4.69, 9.17) is 4.74 Å². The average molecular weight is 522 g/mol. The van der Waals surface area contributed by atoms with Crippen molar-refractivity contribution in [2.45, 2.75) is 25.3 Å². The molecule has 0 spiro atoms. The van der Waals surface area contributed by atoms with E-state index in [0.29, 0.717) is 11.3 Å². The van der Waals surface area contributed by atoms with E-state index >= 15 is 0 Å². The minimum Gasteiger partial charge on any atom is -0.379 e. The summed E-state index contributed by atoms with van der Waals surface area (Å²) in [5, 5.41) is 10.4. The van der Waals surface area contributed by atoms with Gasteiger partial charge in [0.05, 0.1) is 42.9 Å². The third-order valence-corrected chi connectivity index (χ3v) is 7.37. The van der Waals surface area contributed by atoms with Crippen LogP contribution in [-0.2, 0) is 22.5 Å². The average Bonchev–Trinajstić information content (AvgIpc) is 3.61. The minimum absolute atomic E-state index is 0.0246. The Balaban J connectivity index is 1.10. The SMILES string of the molecule is O=C(Nc1cccc(CN2CCOCC2)c1)c1cccc(-n2cc(NC(=O)C3CCc4ccccc43)cn2)c1. The zero-order valence-electron chi connectivity index (χ0n) is 21.7. The third-order valence-electron chi connectivity index (χ3n) is 7.37. The Kier molecular flexibility index (Phi) is 7.21. The van der Waals surface area contributed by atoms with Crippen molar-refractivity contribution in [3.8, 4) is 5.69 Å². The molecule has 3 aromatic carbocycles. The maximum atomic E-state index is 13.1. The minimum atomic E-state index is -0.194. The number of carbonyl (C=O) groups excluding carboxylic acids is 2. The van der Waals surface area contributed by atoms with Gasteiger partial charge in [-0.15, -0.1) is 0 Å². The molecule has 8 heteroatoms. The molecule has 0 bridgehead atoms. The molecule has 8 nitrogen and oxygen atoms in total. The van der Waals surface area contributed by atoms with E-state index in [9.17, 15) is 9.59 Å². The maximum absolute atomic E-state index is 13.1. The highest BCUT2D eigenvalue weighted by atomic mass is 16.5. The molecule has 0 radical (unpaired) electrons. The number of hydrogen-bond donors (Lipinski definition) is 2. The molecule has 1 aromatic heterocycles. The standard InChI is InChI=1S/C31H31N5O3/c37-30(33-25-8-3-5-22(17-25)20-35-13-15-39-16-14-35)24-7-4-9-27(18-24)36-21-26(19-32-36)34-31(38)29-12-11-23-6-1-2-10-28(23)29/h1-10,17-19,21,29H,11-16,20H2,(H,33,37)(H,34,38). The number of amides is 2. The summed E-state index contributed by atoms with van der Waals surface area (Å²) in [6.45, 7) is 4.17. The molecule has 1 fully saturated rings. The summed E-state index contributed by atoms with van der Waals surface area (Å²) in [4.78, 5) is 28.4. The highest BCUT2D eigenvalue weighted by molar-refractivity contribution is 6.04. The van der Waals surface area contributed by atoms with Crippen molar-refractivity contribution < 1.29 is 14.3 Å². The Labute approximate surface area is 227 Å². The number of hydrogen-bond acceptors (Lipinski definition) is 5. The highest BCUT2D eigenvalue weighted by Crippen LogP contribution is 2.33. The van der Waals surface area contributed by atoms with Gasteiger partial charge in [0.25, 0.3) is 5.91 Å². The van der Waals surface area contributed by atoms with Gasteiger partial charge < -0.3 is 15.4 Å². The highest BCUT2D eigenvalue weighted by Gasteiger charge is 2.28. The number of aryl methyl sites for hydroxylation is 1. The first-order valence-electron chi connectivity index (χ1n) is 13.4. The Bertz CT molecular complexity index is 1490. The molecule has 2 heterocycles. The molecule has 1 unspecified atom stereocenters. The van der Waals surface area contributed by atoms with Gasteiger partial charge in [0.15, 0.2) is 0 Å². The lowest BCUT2D eigenvalue weighted by molar-refractivity contribution is -0.117. The van der Waals surface area contributed by atoms with Gasteiger partial charge in [-0.1, -0.05) is 42.5 Å². The molecule has 1 aliphatic carbocycles. The fraction of sp³-hybridized carbons (Fsp3) is 0.258.